The van der Waals surface area contributed by atoms with Crippen molar-refractivity contribution in [3.8, 4) is 11.5 Å². The lowest BCUT2D eigenvalue weighted by Crippen LogP contribution is -2.36. The molecule has 1 atom stereocenters. The molecule has 0 aromatic heterocycles. The highest BCUT2D eigenvalue weighted by molar-refractivity contribution is 5.90. The minimum absolute atomic E-state index is 0.104. The summed E-state index contributed by atoms with van der Waals surface area (Å²) in [6.45, 7) is 5.42. The van der Waals surface area contributed by atoms with Gasteiger partial charge in [-0.15, -0.1) is 0 Å². The normalized spacial score (nSPS) is 12.0. The highest BCUT2D eigenvalue weighted by Gasteiger charge is 2.35. The molecule has 0 aliphatic carbocycles. The fraction of sp³-hybridized carbons (Fsp3) is 0.303. The Kier molecular flexibility index (Phi) is 11.0. The van der Waals surface area contributed by atoms with Crippen LogP contribution < -0.4 is 15.2 Å². The number of hydrogen-bond acceptors (Lipinski definition) is 10. The van der Waals surface area contributed by atoms with Crippen molar-refractivity contribution in [2.45, 2.75) is 40.2 Å². The second-order valence-electron chi connectivity index (χ2n) is 11.4. The van der Waals surface area contributed by atoms with Gasteiger partial charge in [0, 0.05) is 0 Å². The van der Waals surface area contributed by atoms with Crippen molar-refractivity contribution in [1.82, 2.24) is 0 Å². The lowest BCUT2D eigenvalue weighted by atomic mass is 9.95. The number of carboxylic acids is 1. The van der Waals surface area contributed by atoms with Crippen LogP contribution in [0.5, 0.6) is 11.5 Å². The SMILES string of the molecule is CC(C)(COC(=O)c1ccccc1)C(=O)Oc1ccc(CC(N)C(=O)O)cc1OC(=O)C(C)(C)COC(=O)c1ccccc1. The maximum atomic E-state index is 13.2. The third-order valence-corrected chi connectivity index (χ3v) is 6.44. The summed E-state index contributed by atoms with van der Waals surface area (Å²) in [5.41, 5.74) is 4.07. The topological polar surface area (TPSA) is 169 Å². The first kappa shape index (κ1) is 33.5. The molecular formula is C33H35NO10. The van der Waals surface area contributed by atoms with Gasteiger partial charge in [0.2, 0.25) is 0 Å². The van der Waals surface area contributed by atoms with Crippen molar-refractivity contribution < 1.29 is 48.0 Å². The number of nitrogens with two attached hydrogens (primary N) is 1. The van der Waals surface area contributed by atoms with Crippen LogP contribution in [0.15, 0.2) is 78.9 Å². The molecule has 0 bridgehead atoms. The van der Waals surface area contributed by atoms with E-state index in [1.54, 1.807) is 60.7 Å². The van der Waals surface area contributed by atoms with Crippen LogP contribution in [0.3, 0.4) is 0 Å². The first-order valence-corrected chi connectivity index (χ1v) is 13.7. The Morgan fingerprint density at radius 2 is 1.11 bits per heavy atom. The molecule has 1 unspecified atom stereocenters. The third kappa shape index (κ3) is 9.23. The number of ether oxygens (including phenoxy) is 4. The van der Waals surface area contributed by atoms with E-state index in [4.69, 9.17) is 24.7 Å². The van der Waals surface area contributed by atoms with Crippen molar-refractivity contribution in [2.24, 2.45) is 16.6 Å². The molecule has 232 valence electrons. The van der Waals surface area contributed by atoms with E-state index >= 15 is 0 Å². The third-order valence-electron chi connectivity index (χ3n) is 6.44. The highest BCUT2D eigenvalue weighted by Crippen LogP contribution is 2.33. The average molecular weight is 606 g/mol. The zero-order valence-electron chi connectivity index (χ0n) is 24.9. The summed E-state index contributed by atoms with van der Waals surface area (Å²) in [5.74, 6) is -4.40. The molecule has 0 saturated heterocycles. The van der Waals surface area contributed by atoms with Crippen molar-refractivity contribution in [1.29, 1.82) is 0 Å². The molecule has 44 heavy (non-hydrogen) atoms. The maximum Gasteiger partial charge on any atom is 0.338 e. The molecule has 3 aromatic rings. The molecule has 0 fully saturated rings. The predicted octanol–water partition coefficient (Wildman–Crippen LogP) is 4.22. The van der Waals surface area contributed by atoms with Crippen molar-refractivity contribution >= 4 is 29.8 Å². The van der Waals surface area contributed by atoms with Crippen LogP contribution in [0.25, 0.3) is 0 Å². The van der Waals surface area contributed by atoms with Gasteiger partial charge in [-0.2, -0.15) is 0 Å². The molecule has 0 amide bonds. The molecule has 0 radical (unpaired) electrons. The molecule has 11 nitrogen and oxygen atoms in total. The summed E-state index contributed by atoms with van der Waals surface area (Å²) in [7, 11) is 0. The molecule has 0 aliphatic heterocycles. The molecule has 0 heterocycles. The number of carboxylic acid groups (broad SMARTS) is 1. The number of hydrogen-bond donors (Lipinski definition) is 2. The first-order chi connectivity index (χ1) is 20.7. The Balaban J connectivity index is 1.77. The summed E-state index contributed by atoms with van der Waals surface area (Å²) < 4.78 is 21.8. The zero-order chi connectivity index (χ0) is 32.5. The van der Waals surface area contributed by atoms with Gasteiger partial charge in [0.15, 0.2) is 11.5 Å². The maximum absolute atomic E-state index is 13.2. The summed E-state index contributed by atoms with van der Waals surface area (Å²) in [4.78, 5) is 62.5. The van der Waals surface area contributed by atoms with Gasteiger partial charge in [-0.3, -0.25) is 14.4 Å². The van der Waals surface area contributed by atoms with Crippen LogP contribution in [0.2, 0.25) is 0 Å². The number of aliphatic carboxylic acids is 1. The number of rotatable bonds is 13. The van der Waals surface area contributed by atoms with Gasteiger partial charge in [0.05, 0.1) is 22.0 Å². The average Bonchev–Trinajstić information content (AvgIpc) is 3.00. The summed E-state index contributed by atoms with van der Waals surface area (Å²) >= 11 is 0. The molecule has 0 aliphatic rings. The van der Waals surface area contributed by atoms with E-state index in [1.165, 1.54) is 45.9 Å². The van der Waals surface area contributed by atoms with Crippen LogP contribution in [0.4, 0.5) is 0 Å². The Morgan fingerprint density at radius 3 is 1.55 bits per heavy atom. The van der Waals surface area contributed by atoms with Gasteiger partial charge in [-0.25, -0.2) is 9.59 Å². The van der Waals surface area contributed by atoms with E-state index in [0.29, 0.717) is 16.7 Å². The zero-order valence-corrected chi connectivity index (χ0v) is 24.9. The summed E-state index contributed by atoms with van der Waals surface area (Å²) in [5, 5.41) is 9.22. The smallest absolute Gasteiger partial charge is 0.338 e. The molecule has 0 spiro atoms. The van der Waals surface area contributed by atoms with Crippen LogP contribution >= 0.6 is 0 Å². The minimum atomic E-state index is -1.33. The summed E-state index contributed by atoms with van der Waals surface area (Å²) in [6, 6.07) is 19.5. The predicted molar refractivity (Wildman–Crippen MR) is 158 cm³/mol. The van der Waals surface area contributed by atoms with E-state index in [1.807, 2.05) is 0 Å². The molecule has 3 aromatic carbocycles. The van der Waals surface area contributed by atoms with Crippen molar-refractivity contribution in [3.05, 3.63) is 95.6 Å². The molecular weight excluding hydrogens is 570 g/mol. The lowest BCUT2D eigenvalue weighted by molar-refractivity contribution is -0.149. The standard InChI is InChI=1S/C33H35NO10/c1-32(2,19-41-28(37)22-11-7-5-8-12-22)30(39)43-25-16-15-21(17-24(34)27(35)36)18-26(25)44-31(40)33(3,4)20-42-29(38)23-13-9-6-10-14-23/h5-16,18,24H,17,19-20,34H2,1-4H3,(H,35,36). The van der Waals surface area contributed by atoms with Gasteiger partial charge in [0.25, 0.3) is 0 Å². The second-order valence-corrected chi connectivity index (χ2v) is 11.4. The Labute approximate surface area is 254 Å². The first-order valence-electron chi connectivity index (χ1n) is 13.7. The van der Waals surface area contributed by atoms with E-state index < -0.39 is 46.7 Å². The fourth-order valence-electron chi connectivity index (χ4n) is 3.59. The van der Waals surface area contributed by atoms with Gasteiger partial charge in [-0.1, -0.05) is 42.5 Å². The molecule has 11 heteroatoms. The van der Waals surface area contributed by atoms with E-state index in [9.17, 15) is 29.1 Å². The van der Waals surface area contributed by atoms with Gasteiger partial charge >= 0.3 is 29.8 Å². The van der Waals surface area contributed by atoms with E-state index in [2.05, 4.69) is 0 Å². The van der Waals surface area contributed by atoms with Crippen molar-refractivity contribution in [2.75, 3.05) is 13.2 Å². The van der Waals surface area contributed by atoms with Crippen LogP contribution in [-0.4, -0.2) is 54.2 Å². The fourth-order valence-corrected chi connectivity index (χ4v) is 3.59. The van der Waals surface area contributed by atoms with E-state index in [0.717, 1.165) is 0 Å². The van der Waals surface area contributed by atoms with Gasteiger partial charge in [0.1, 0.15) is 19.3 Å². The highest BCUT2D eigenvalue weighted by atomic mass is 16.6. The van der Waals surface area contributed by atoms with Gasteiger partial charge < -0.3 is 29.8 Å². The second kappa shape index (κ2) is 14.4. The number of carbonyl (C=O) groups excluding carboxylic acids is 4. The largest absolute Gasteiger partial charge is 0.480 e. The Hall–Kier alpha value is -5.03. The molecule has 0 saturated carbocycles. The monoisotopic (exact) mass is 605 g/mol. The summed E-state index contributed by atoms with van der Waals surface area (Å²) in [6.07, 6.45) is -0.104. The quantitative estimate of drug-likeness (QED) is 0.211. The lowest BCUT2D eigenvalue weighted by Gasteiger charge is -2.25. The Bertz CT molecular complexity index is 1500. The minimum Gasteiger partial charge on any atom is -0.480 e. The molecule has 3 N–H and O–H groups in total. The van der Waals surface area contributed by atoms with Crippen molar-refractivity contribution in [3.63, 3.8) is 0 Å². The van der Waals surface area contributed by atoms with Crippen LogP contribution in [0, 0.1) is 10.8 Å². The van der Waals surface area contributed by atoms with Crippen LogP contribution in [0.1, 0.15) is 54.0 Å². The number of esters is 4. The van der Waals surface area contributed by atoms with Gasteiger partial charge in [-0.05, 0) is 76.1 Å². The van der Waals surface area contributed by atoms with E-state index in [-0.39, 0.29) is 31.1 Å². The van der Waals surface area contributed by atoms with Crippen LogP contribution in [-0.2, 0) is 30.3 Å². The Morgan fingerprint density at radius 1 is 0.682 bits per heavy atom. The number of benzene rings is 3. The number of carbonyl (C=O) groups is 5. The molecule has 3 rings (SSSR count).